The fourth-order valence-corrected chi connectivity index (χ4v) is 13.8. The number of rotatable bonds is 8. The molecule has 212 valence electrons. The van der Waals surface area contributed by atoms with Crippen molar-refractivity contribution in [1.29, 1.82) is 0 Å². The van der Waals surface area contributed by atoms with E-state index in [4.69, 9.17) is 32.7 Å². The minimum atomic E-state index is -2.75. The molecule has 6 aromatic rings. The zero-order valence-corrected chi connectivity index (χ0v) is 26.7. The lowest BCUT2D eigenvalue weighted by Crippen LogP contribution is -2.29. The molecule has 6 heteroatoms. The second-order valence-corrected chi connectivity index (χ2v) is 17.3. The third kappa shape index (κ3) is 5.95. The molecule has 0 heterocycles. The largest absolute Gasteiger partial charge is 0.304 e. The van der Waals surface area contributed by atoms with E-state index in [2.05, 4.69) is 72.8 Å². The molecule has 0 spiro atoms. The lowest BCUT2D eigenvalue weighted by molar-refractivity contribution is 0.912. The quantitative estimate of drug-likeness (QED) is 0.0912. The Morgan fingerprint density at radius 1 is 0.302 bits per heavy atom. The maximum atomic E-state index is 7.49. The fourth-order valence-electron chi connectivity index (χ4n) is 5.48. The van der Waals surface area contributed by atoms with E-state index in [1.807, 2.05) is 109 Å². The van der Waals surface area contributed by atoms with Crippen molar-refractivity contribution in [3.8, 4) is 0 Å². The molecule has 0 aliphatic carbocycles. The van der Waals surface area contributed by atoms with Gasteiger partial charge in [0, 0.05) is 31.8 Å². The summed E-state index contributed by atoms with van der Waals surface area (Å²) in [4.78, 5) is 0. The Balaban J connectivity index is 1.77. The molecule has 6 aromatic carbocycles. The third-order valence-electron chi connectivity index (χ3n) is 7.32. The van der Waals surface area contributed by atoms with Gasteiger partial charge in [0.25, 0.3) is 0 Å². The molecule has 0 bridgehead atoms. The van der Waals surface area contributed by atoms with Crippen molar-refractivity contribution in [3.05, 3.63) is 182 Å². The van der Waals surface area contributed by atoms with Gasteiger partial charge in [-0.2, -0.15) is 0 Å². The molecule has 0 saturated heterocycles. The van der Waals surface area contributed by atoms with Crippen LogP contribution in [0.3, 0.4) is 0 Å². The number of hydrogen-bond donors (Lipinski definition) is 0. The summed E-state index contributed by atoms with van der Waals surface area (Å²) in [5.74, 6) is 0. The summed E-state index contributed by atoms with van der Waals surface area (Å²) in [6, 6.07) is 62.1. The molecule has 0 radical (unpaired) electrons. The topological polar surface area (TPSA) is 24.7 Å². The molecule has 0 fully saturated rings. The summed E-state index contributed by atoms with van der Waals surface area (Å²) in [6.45, 7) is 0. The van der Waals surface area contributed by atoms with Gasteiger partial charge in [0.1, 0.15) is 0 Å². The van der Waals surface area contributed by atoms with E-state index in [-0.39, 0.29) is 0 Å². The van der Waals surface area contributed by atoms with Gasteiger partial charge in [-0.15, -0.1) is 0 Å². The fraction of sp³-hybridized carbons (Fsp3) is 0.0270. The van der Waals surface area contributed by atoms with E-state index in [0.717, 1.165) is 31.8 Å². The minimum absolute atomic E-state index is 1.05. The Bertz CT molecular complexity index is 1530. The first-order chi connectivity index (χ1) is 21.0. The van der Waals surface area contributed by atoms with Gasteiger partial charge in [0.05, 0.1) is 14.1 Å². The van der Waals surface area contributed by atoms with E-state index < -0.39 is 18.7 Å². The van der Waals surface area contributed by atoms with Crippen molar-refractivity contribution in [2.75, 3.05) is 0 Å². The molecule has 0 atom stereocenters. The minimum Gasteiger partial charge on any atom is -0.231 e. The van der Waals surface area contributed by atoms with Crippen LogP contribution in [0.15, 0.2) is 191 Å². The zero-order valence-electron chi connectivity index (χ0n) is 23.4. The Kier molecular flexibility index (Phi) is 8.85. The van der Waals surface area contributed by atoms with Crippen LogP contribution < -0.4 is 31.8 Å². The second kappa shape index (κ2) is 12.9. The lowest BCUT2D eigenvalue weighted by atomic mass is 10.4. The van der Waals surface area contributed by atoms with Crippen LogP contribution >= 0.6 is 37.3 Å². The highest BCUT2D eigenvalue weighted by Gasteiger charge is 2.37. The smallest absolute Gasteiger partial charge is 0.231 e. The lowest BCUT2D eigenvalue weighted by Gasteiger charge is -2.32. The van der Waals surface area contributed by atoms with Crippen molar-refractivity contribution in [1.82, 2.24) is 0 Å². The first-order valence-electron chi connectivity index (χ1n) is 14.0. The summed E-state index contributed by atoms with van der Waals surface area (Å²) >= 11 is 15.0. The third-order valence-corrected chi connectivity index (χ3v) is 15.6. The SMILES string of the molecule is ClC(Cl)(N=P(c1ccccc1)(c1ccccc1)c1ccccc1)N=P(c1ccccc1)(c1ccccc1)c1ccccc1. The van der Waals surface area contributed by atoms with Crippen LogP contribution in [-0.2, 0) is 0 Å². The van der Waals surface area contributed by atoms with Gasteiger partial charge in [-0.05, 0) is 0 Å². The summed E-state index contributed by atoms with van der Waals surface area (Å²) in [7, 11) is -5.50. The predicted octanol–water partition coefficient (Wildman–Crippen LogP) is 8.43. The van der Waals surface area contributed by atoms with Gasteiger partial charge in [-0.25, -0.2) is 9.49 Å². The van der Waals surface area contributed by atoms with Gasteiger partial charge >= 0.3 is 4.58 Å². The molecule has 43 heavy (non-hydrogen) atoms. The molecule has 0 unspecified atom stereocenters. The number of alkyl halides is 2. The Hall–Kier alpha value is -3.64. The molecule has 2 nitrogen and oxygen atoms in total. The van der Waals surface area contributed by atoms with Crippen LogP contribution in [-0.4, -0.2) is 4.58 Å². The molecular weight excluding hydrogens is 605 g/mol. The number of benzene rings is 6. The van der Waals surface area contributed by atoms with Crippen LogP contribution in [0.25, 0.3) is 0 Å². The maximum absolute atomic E-state index is 7.49. The van der Waals surface area contributed by atoms with Crippen LogP contribution in [0.2, 0.25) is 0 Å². The Labute approximate surface area is 264 Å². The van der Waals surface area contributed by atoms with Crippen molar-refractivity contribution < 1.29 is 0 Å². The molecule has 0 amide bonds. The number of nitrogens with zero attached hydrogens (tertiary/aromatic N) is 2. The maximum Gasteiger partial charge on any atom is 0.304 e. The van der Waals surface area contributed by atoms with Crippen LogP contribution in [0.1, 0.15) is 0 Å². The van der Waals surface area contributed by atoms with Crippen molar-refractivity contribution >= 4 is 69.1 Å². The molecular formula is C37H30Cl2N2P2. The van der Waals surface area contributed by atoms with Gasteiger partial charge in [0.2, 0.25) is 0 Å². The monoisotopic (exact) mass is 634 g/mol. The summed E-state index contributed by atoms with van der Waals surface area (Å²) < 4.78 is 9.22. The van der Waals surface area contributed by atoms with Gasteiger partial charge in [0.15, 0.2) is 0 Å². The average molecular weight is 636 g/mol. The highest BCUT2D eigenvalue weighted by molar-refractivity contribution is 7.88. The first-order valence-corrected chi connectivity index (χ1v) is 18.3. The summed E-state index contributed by atoms with van der Waals surface area (Å²) in [5.41, 5.74) is 0. The average Bonchev–Trinajstić information content (AvgIpc) is 3.08. The normalized spacial score (nSPS) is 12.0. The molecule has 0 aliphatic rings. The van der Waals surface area contributed by atoms with E-state index in [1.54, 1.807) is 0 Å². The molecule has 0 aliphatic heterocycles. The standard InChI is InChI=1S/C37H30Cl2N2P2/c38-37(39,40-42(31-19-7-1-8-20-31,32-21-9-2-10-22-32)33-23-11-3-12-24-33)41-43(34-25-13-4-14-26-34,35-27-15-5-16-28-35)36-29-17-6-18-30-36/h1-30H. The highest BCUT2D eigenvalue weighted by Crippen LogP contribution is 2.56. The second-order valence-electron chi connectivity index (χ2n) is 9.99. The first kappa shape index (κ1) is 29.4. The van der Waals surface area contributed by atoms with E-state index in [0.29, 0.717) is 0 Å². The zero-order chi connectivity index (χ0) is 29.6. The van der Waals surface area contributed by atoms with E-state index in [1.165, 1.54) is 0 Å². The van der Waals surface area contributed by atoms with Crippen molar-refractivity contribution in [2.24, 2.45) is 9.49 Å². The van der Waals surface area contributed by atoms with Gasteiger partial charge in [-0.1, -0.05) is 205 Å². The van der Waals surface area contributed by atoms with E-state index >= 15 is 0 Å². The molecule has 0 saturated carbocycles. The number of hydrogen-bond acceptors (Lipinski definition) is 2. The summed E-state index contributed by atoms with van der Waals surface area (Å²) in [5, 5.41) is 6.31. The van der Waals surface area contributed by atoms with E-state index in [9.17, 15) is 0 Å². The highest BCUT2D eigenvalue weighted by atomic mass is 35.5. The predicted molar refractivity (Wildman–Crippen MR) is 190 cm³/mol. The van der Waals surface area contributed by atoms with Crippen molar-refractivity contribution in [2.45, 2.75) is 4.58 Å². The van der Waals surface area contributed by atoms with Crippen LogP contribution in [0, 0.1) is 0 Å². The van der Waals surface area contributed by atoms with Gasteiger partial charge in [-0.3, -0.25) is 0 Å². The van der Waals surface area contributed by atoms with Crippen molar-refractivity contribution in [3.63, 3.8) is 0 Å². The van der Waals surface area contributed by atoms with Crippen LogP contribution in [0.5, 0.6) is 0 Å². The molecule has 6 rings (SSSR count). The summed E-state index contributed by atoms with van der Waals surface area (Å²) in [6.07, 6.45) is 0. The molecule has 0 aromatic heterocycles. The van der Waals surface area contributed by atoms with Gasteiger partial charge < -0.3 is 0 Å². The Morgan fingerprint density at radius 3 is 0.628 bits per heavy atom. The number of halogens is 2. The molecule has 0 N–H and O–H groups in total. The van der Waals surface area contributed by atoms with Crippen LogP contribution in [0.4, 0.5) is 0 Å². The Morgan fingerprint density at radius 2 is 0.465 bits per heavy atom.